The summed E-state index contributed by atoms with van der Waals surface area (Å²) in [6, 6.07) is 6.98. The van der Waals surface area contributed by atoms with Gasteiger partial charge in [0, 0.05) is 24.8 Å². The zero-order chi connectivity index (χ0) is 19.8. The zero-order valence-electron chi connectivity index (χ0n) is 15.5. The Balaban J connectivity index is 1.43. The van der Waals surface area contributed by atoms with Crippen LogP contribution in [0.1, 0.15) is 34.2 Å². The van der Waals surface area contributed by atoms with Crippen molar-refractivity contribution in [2.75, 3.05) is 7.05 Å². The molecule has 9 heteroatoms. The van der Waals surface area contributed by atoms with Gasteiger partial charge in [0.05, 0.1) is 18.1 Å². The Hall–Kier alpha value is -2.46. The van der Waals surface area contributed by atoms with Crippen LogP contribution < -0.4 is 9.97 Å². The van der Waals surface area contributed by atoms with Gasteiger partial charge in [-0.1, -0.05) is 24.3 Å². The molecule has 0 spiro atoms. The molecule has 1 aromatic carbocycles. The molecule has 1 atom stereocenters. The third-order valence-corrected chi connectivity index (χ3v) is 5.12. The van der Waals surface area contributed by atoms with E-state index in [0.29, 0.717) is 12.0 Å². The summed E-state index contributed by atoms with van der Waals surface area (Å²) in [6.45, 7) is 1.64. The Morgan fingerprint density at radius 1 is 1.39 bits per heavy atom. The number of hydrogen-bond donors (Lipinski definition) is 4. The van der Waals surface area contributed by atoms with Crippen LogP contribution in [-0.4, -0.2) is 51.1 Å². The number of aliphatic hydroxyl groups is 2. The topological polar surface area (TPSA) is 115 Å². The third kappa shape index (κ3) is 3.74. The van der Waals surface area contributed by atoms with Gasteiger partial charge in [-0.05, 0) is 30.2 Å². The monoisotopic (exact) mass is 383 g/mol. The zero-order valence-corrected chi connectivity index (χ0v) is 15.5. The second-order valence-corrected chi connectivity index (χ2v) is 7.39. The van der Waals surface area contributed by atoms with Crippen LogP contribution in [0.3, 0.4) is 0 Å². The van der Waals surface area contributed by atoms with E-state index >= 15 is 0 Å². The van der Waals surface area contributed by atoms with Gasteiger partial charge in [-0.25, -0.2) is 0 Å². The van der Waals surface area contributed by atoms with Crippen LogP contribution in [-0.2, 0) is 30.7 Å². The van der Waals surface area contributed by atoms with Crippen molar-refractivity contribution in [3.63, 3.8) is 0 Å². The standard InChI is InChI=1S/C19H22BN3O5/c1-23-9-13-5-11(8-21-15(13)10-23)6-17(24)22-16-7-12-3-2-4-14(19(25)26)18(12)28-20(16)27/h2-5,8,16,19,25-27H,6-7,9-10H2,1H3,(H,22,24)/t16-/m0/s1. The van der Waals surface area contributed by atoms with Gasteiger partial charge in [-0.15, -0.1) is 0 Å². The molecule has 0 bridgehead atoms. The van der Waals surface area contributed by atoms with E-state index in [0.717, 1.165) is 29.9 Å². The number of carbonyl (C=O) groups is 1. The lowest BCUT2D eigenvalue weighted by Gasteiger charge is -2.29. The van der Waals surface area contributed by atoms with Gasteiger partial charge in [0.15, 0.2) is 6.29 Å². The van der Waals surface area contributed by atoms with Crippen LogP contribution in [0, 0.1) is 0 Å². The lowest BCUT2D eigenvalue weighted by molar-refractivity contribution is -0.120. The molecule has 8 nitrogen and oxygen atoms in total. The smallest absolute Gasteiger partial charge is 0.534 e. The number of para-hydroxylation sites is 1. The number of pyridine rings is 1. The molecule has 0 unspecified atom stereocenters. The molecule has 4 rings (SSSR count). The molecule has 28 heavy (non-hydrogen) atoms. The Morgan fingerprint density at radius 3 is 3.00 bits per heavy atom. The second-order valence-electron chi connectivity index (χ2n) is 7.39. The van der Waals surface area contributed by atoms with Crippen LogP contribution in [0.4, 0.5) is 0 Å². The van der Waals surface area contributed by atoms with Crippen molar-refractivity contribution in [3.8, 4) is 5.75 Å². The highest BCUT2D eigenvalue weighted by molar-refractivity contribution is 6.46. The second kappa shape index (κ2) is 7.52. The minimum atomic E-state index is -1.69. The van der Waals surface area contributed by atoms with Crippen molar-refractivity contribution < 1.29 is 24.7 Å². The first-order chi connectivity index (χ1) is 13.4. The summed E-state index contributed by atoms with van der Waals surface area (Å²) >= 11 is 0. The van der Waals surface area contributed by atoms with Gasteiger partial charge in [0.25, 0.3) is 0 Å². The Labute approximate surface area is 162 Å². The van der Waals surface area contributed by atoms with Crippen LogP contribution in [0.15, 0.2) is 30.5 Å². The molecule has 3 heterocycles. The molecule has 1 aromatic heterocycles. The summed E-state index contributed by atoms with van der Waals surface area (Å²) < 4.78 is 5.46. The molecule has 2 aliphatic heterocycles. The predicted octanol–water partition coefficient (Wildman–Crippen LogP) is -0.308. The molecule has 1 amide bonds. The van der Waals surface area contributed by atoms with Crippen LogP contribution in [0.2, 0.25) is 0 Å². The molecule has 0 saturated carbocycles. The molecule has 0 fully saturated rings. The number of benzene rings is 1. The van der Waals surface area contributed by atoms with Gasteiger partial charge in [0.2, 0.25) is 5.91 Å². The van der Waals surface area contributed by atoms with Crippen LogP contribution in [0.5, 0.6) is 5.75 Å². The number of rotatable bonds is 4. The number of aliphatic hydroxyl groups excluding tert-OH is 1. The Kier molecular flexibility index (Phi) is 5.07. The van der Waals surface area contributed by atoms with Gasteiger partial charge in [-0.3, -0.25) is 14.7 Å². The average Bonchev–Trinajstić information content (AvgIpc) is 3.01. The molecule has 0 aliphatic carbocycles. The quantitative estimate of drug-likeness (QED) is 0.423. The number of nitrogens with one attached hydrogen (secondary N) is 1. The van der Waals surface area contributed by atoms with E-state index in [-0.39, 0.29) is 23.6 Å². The molecular weight excluding hydrogens is 361 g/mol. The van der Waals surface area contributed by atoms with Crippen LogP contribution in [0.25, 0.3) is 0 Å². The Bertz CT molecular complexity index is 907. The van der Waals surface area contributed by atoms with E-state index in [9.17, 15) is 20.0 Å². The summed E-state index contributed by atoms with van der Waals surface area (Å²) in [7, 11) is 0.750. The van der Waals surface area contributed by atoms with Crippen molar-refractivity contribution in [3.05, 3.63) is 58.4 Å². The third-order valence-electron chi connectivity index (χ3n) is 5.12. The summed E-state index contributed by atoms with van der Waals surface area (Å²) in [5.74, 6) is -0.607. The van der Waals surface area contributed by atoms with Crippen LogP contribution >= 0.6 is 0 Å². The number of carbonyl (C=O) groups excluding carboxylic acids is 1. The summed E-state index contributed by atoms with van der Waals surface area (Å²) in [4.78, 5) is 19.1. The lowest BCUT2D eigenvalue weighted by atomic mass is 9.72. The first-order valence-electron chi connectivity index (χ1n) is 9.18. The normalized spacial score (nSPS) is 18.6. The molecule has 146 valence electrons. The highest BCUT2D eigenvalue weighted by Crippen LogP contribution is 2.33. The van der Waals surface area contributed by atoms with Gasteiger partial charge < -0.3 is 25.2 Å². The lowest BCUT2D eigenvalue weighted by Crippen LogP contribution is -2.53. The summed E-state index contributed by atoms with van der Waals surface area (Å²) in [6.07, 6.45) is 0.515. The predicted molar refractivity (Wildman–Crippen MR) is 101 cm³/mol. The van der Waals surface area contributed by atoms with E-state index in [1.807, 2.05) is 13.1 Å². The molecule has 0 saturated heterocycles. The average molecular weight is 383 g/mol. The first-order valence-corrected chi connectivity index (χ1v) is 9.18. The SMILES string of the molecule is CN1Cc2cc(CC(=O)N[C@H]3Cc4cccc(C(O)O)c4OB3O)cnc2C1. The van der Waals surface area contributed by atoms with Gasteiger partial charge in [0.1, 0.15) is 5.75 Å². The summed E-state index contributed by atoms with van der Waals surface area (Å²) in [5, 5.41) is 32.0. The van der Waals surface area contributed by atoms with E-state index in [1.54, 1.807) is 18.3 Å². The first kappa shape index (κ1) is 18.9. The van der Waals surface area contributed by atoms with Gasteiger partial charge >= 0.3 is 7.12 Å². The number of fused-ring (bicyclic) bond motifs is 2. The Morgan fingerprint density at radius 2 is 2.21 bits per heavy atom. The maximum atomic E-state index is 12.5. The van der Waals surface area contributed by atoms with E-state index in [4.69, 9.17) is 4.65 Å². The van der Waals surface area contributed by atoms with E-state index < -0.39 is 19.3 Å². The minimum Gasteiger partial charge on any atom is -0.534 e. The van der Waals surface area contributed by atoms with E-state index in [1.165, 1.54) is 6.07 Å². The number of hydrogen-bond acceptors (Lipinski definition) is 7. The largest absolute Gasteiger partial charge is 0.547 e. The summed E-state index contributed by atoms with van der Waals surface area (Å²) in [5.41, 5.74) is 3.89. The fourth-order valence-corrected chi connectivity index (χ4v) is 3.79. The fraction of sp³-hybridized carbons (Fsp3) is 0.368. The maximum Gasteiger partial charge on any atom is 0.547 e. The highest BCUT2D eigenvalue weighted by atomic mass is 16.5. The number of aromatic nitrogens is 1. The van der Waals surface area contributed by atoms with E-state index in [2.05, 4.69) is 15.2 Å². The molecular formula is C19H22BN3O5. The molecule has 2 aromatic rings. The molecule has 2 aliphatic rings. The highest BCUT2D eigenvalue weighted by Gasteiger charge is 2.37. The number of nitrogens with zero attached hydrogens (tertiary/aromatic N) is 2. The minimum absolute atomic E-state index is 0.162. The van der Waals surface area contributed by atoms with Crippen molar-refractivity contribution >= 4 is 13.0 Å². The molecule has 4 N–H and O–H groups in total. The van der Waals surface area contributed by atoms with Gasteiger partial charge in [-0.2, -0.15) is 0 Å². The fourth-order valence-electron chi connectivity index (χ4n) is 3.79. The van der Waals surface area contributed by atoms with Crippen molar-refractivity contribution in [1.29, 1.82) is 0 Å². The molecule has 0 radical (unpaired) electrons. The van der Waals surface area contributed by atoms with Crippen molar-refractivity contribution in [1.82, 2.24) is 15.2 Å². The number of amides is 1. The van der Waals surface area contributed by atoms with Crippen molar-refractivity contribution in [2.45, 2.75) is 38.2 Å². The maximum absolute atomic E-state index is 12.5. The van der Waals surface area contributed by atoms with Crippen molar-refractivity contribution in [2.24, 2.45) is 0 Å².